The van der Waals surface area contributed by atoms with Crippen molar-refractivity contribution in [2.24, 2.45) is 10.2 Å². The summed E-state index contributed by atoms with van der Waals surface area (Å²) in [7, 11) is 2.79. The first-order valence-corrected chi connectivity index (χ1v) is 7.33. The van der Waals surface area contributed by atoms with Crippen molar-refractivity contribution >= 4 is 46.0 Å². The second kappa shape index (κ2) is 9.15. The van der Waals surface area contributed by atoms with Crippen LogP contribution in [-0.4, -0.2) is 19.1 Å². The van der Waals surface area contributed by atoms with Crippen LogP contribution >= 0.6 is 23.2 Å². The van der Waals surface area contributed by atoms with Crippen LogP contribution in [0, 0.1) is 15.5 Å². The molecule has 0 bridgehead atoms. The van der Waals surface area contributed by atoms with E-state index in [9.17, 15) is 10.1 Å². The highest BCUT2D eigenvalue weighted by Crippen LogP contribution is 2.42. The van der Waals surface area contributed by atoms with E-state index in [2.05, 4.69) is 15.2 Å². The molecule has 136 valence electrons. The molecule has 0 amide bonds. The predicted octanol–water partition coefficient (Wildman–Crippen LogP) is 2.82. The Hall–Kier alpha value is -2.67. The van der Waals surface area contributed by atoms with Crippen LogP contribution in [0.15, 0.2) is 34.5 Å². The fourth-order valence-corrected chi connectivity index (χ4v) is 2.43. The highest BCUT2D eigenvalue weighted by atomic mass is 35.5. The Labute approximate surface area is 163 Å². The molecule has 0 unspecified atom stereocenters. The van der Waals surface area contributed by atoms with Crippen molar-refractivity contribution in [3.05, 3.63) is 49.4 Å². The average Bonchev–Trinajstić information content (AvgIpc) is 2.59. The lowest BCUT2D eigenvalue weighted by atomic mass is 10.2. The van der Waals surface area contributed by atoms with Gasteiger partial charge in [-0.1, -0.05) is 23.2 Å². The molecule has 0 saturated heterocycles. The number of hydrogen-bond acceptors (Lipinski definition) is 7. The Balaban J connectivity index is 0.00000338. The van der Waals surface area contributed by atoms with Crippen LogP contribution in [0.1, 0.15) is 0 Å². The number of diazo groups is 1. The molecule has 9 nitrogen and oxygen atoms in total. The summed E-state index contributed by atoms with van der Waals surface area (Å²) in [5, 5.41) is 27.6. The summed E-state index contributed by atoms with van der Waals surface area (Å²) in [6, 6.07) is 5.07. The van der Waals surface area contributed by atoms with Crippen molar-refractivity contribution in [1.82, 2.24) is 0 Å². The molecular formula is C14H10Cl3N5O4. The molecule has 0 aromatic heterocycles. The van der Waals surface area contributed by atoms with E-state index in [0.717, 1.165) is 12.1 Å². The van der Waals surface area contributed by atoms with Gasteiger partial charge in [-0.2, -0.15) is 0 Å². The number of methoxy groups -OCH3 is 2. The van der Waals surface area contributed by atoms with Crippen molar-refractivity contribution in [2.75, 3.05) is 14.2 Å². The van der Waals surface area contributed by atoms with Crippen molar-refractivity contribution in [3.63, 3.8) is 0 Å². The Kier molecular flexibility index (Phi) is 7.52. The Morgan fingerprint density at radius 1 is 1.08 bits per heavy atom. The molecule has 0 saturated carbocycles. The van der Waals surface area contributed by atoms with E-state index in [1.165, 1.54) is 26.4 Å². The molecule has 0 aliphatic heterocycles. The first-order valence-electron chi connectivity index (χ1n) is 6.57. The standard InChI is InChI=1S/C14H10Cl2N5O4.ClH/c1-24-12-6-11(13(25-2)5-10(12)18-17)19-20-14-8(15)3-7(21(22)23)4-9(14)16;/h3-6H,1-2H3;1H/q+1;/p-1. The van der Waals surface area contributed by atoms with E-state index in [0.29, 0.717) is 0 Å². The lowest BCUT2D eigenvalue weighted by molar-refractivity contribution is -0.384. The van der Waals surface area contributed by atoms with Gasteiger partial charge in [-0.25, -0.2) is 0 Å². The zero-order valence-corrected chi connectivity index (χ0v) is 15.6. The molecule has 2 aromatic rings. The van der Waals surface area contributed by atoms with Gasteiger partial charge in [0.2, 0.25) is 11.1 Å². The molecule has 2 aromatic carbocycles. The number of benzene rings is 2. The summed E-state index contributed by atoms with van der Waals surface area (Å²) < 4.78 is 10.2. The average molecular weight is 419 g/mol. The molecule has 0 radical (unpaired) electrons. The number of non-ortho nitro benzene ring substituents is 1. The number of azo groups is 1. The molecule has 0 aliphatic rings. The van der Waals surface area contributed by atoms with Crippen molar-refractivity contribution in [3.8, 4) is 11.5 Å². The normalized spacial score (nSPS) is 10.1. The van der Waals surface area contributed by atoms with Gasteiger partial charge in [0.25, 0.3) is 5.69 Å². The molecule has 26 heavy (non-hydrogen) atoms. The van der Waals surface area contributed by atoms with Crippen LogP contribution in [0.3, 0.4) is 0 Å². The maximum Gasteiger partial charge on any atom is 0.430 e. The van der Waals surface area contributed by atoms with Crippen LogP contribution in [0.25, 0.3) is 4.98 Å². The summed E-state index contributed by atoms with van der Waals surface area (Å²) in [6.45, 7) is 0. The second-order valence-electron chi connectivity index (χ2n) is 4.51. The van der Waals surface area contributed by atoms with Gasteiger partial charge in [0.05, 0.1) is 35.3 Å². The molecule has 0 aliphatic carbocycles. The van der Waals surface area contributed by atoms with Gasteiger partial charge >= 0.3 is 5.69 Å². The molecular weight excluding hydrogens is 409 g/mol. The van der Waals surface area contributed by atoms with Crippen molar-refractivity contribution in [1.29, 1.82) is 5.39 Å². The Bertz CT molecular complexity index is 891. The van der Waals surface area contributed by atoms with Gasteiger partial charge in [-0.3, -0.25) is 10.1 Å². The number of nitro benzene ring substituents is 1. The Morgan fingerprint density at radius 3 is 2.12 bits per heavy atom. The van der Waals surface area contributed by atoms with Gasteiger partial charge in [0, 0.05) is 18.2 Å². The third kappa shape index (κ3) is 4.49. The predicted molar refractivity (Wildman–Crippen MR) is 91.6 cm³/mol. The largest absolute Gasteiger partial charge is 1.00 e. The smallest absolute Gasteiger partial charge is 0.430 e. The second-order valence-corrected chi connectivity index (χ2v) is 5.33. The first kappa shape index (κ1) is 21.4. The quantitative estimate of drug-likeness (QED) is 0.320. The van der Waals surface area contributed by atoms with Crippen molar-refractivity contribution < 1.29 is 26.8 Å². The third-order valence-electron chi connectivity index (χ3n) is 3.06. The number of hydrogen-bond donors (Lipinski definition) is 0. The maximum atomic E-state index is 10.8. The minimum absolute atomic E-state index is 0. The Morgan fingerprint density at radius 2 is 1.65 bits per heavy atom. The van der Waals surface area contributed by atoms with E-state index in [1.54, 1.807) is 0 Å². The molecule has 0 heterocycles. The van der Waals surface area contributed by atoms with Crippen LogP contribution in [0.2, 0.25) is 10.0 Å². The van der Waals surface area contributed by atoms with Crippen molar-refractivity contribution in [2.45, 2.75) is 0 Å². The number of halogens is 3. The van der Waals surface area contributed by atoms with Gasteiger partial charge in [-0.05, 0) is 0 Å². The van der Waals surface area contributed by atoms with E-state index in [-0.39, 0.29) is 56.7 Å². The number of ether oxygens (including phenoxy) is 2. The molecule has 0 atom stereocenters. The number of nitro groups is 1. The minimum atomic E-state index is -0.621. The highest BCUT2D eigenvalue weighted by molar-refractivity contribution is 6.39. The van der Waals surface area contributed by atoms with E-state index >= 15 is 0 Å². The first-order chi connectivity index (χ1) is 11.9. The van der Waals surface area contributed by atoms with E-state index < -0.39 is 4.92 Å². The van der Waals surface area contributed by atoms with E-state index in [1.807, 2.05) is 0 Å². The van der Waals surface area contributed by atoms with E-state index in [4.69, 9.17) is 38.1 Å². The lowest BCUT2D eigenvalue weighted by Crippen LogP contribution is -3.00. The molecule has 0 spiro atoms. The van der Waals surface area contributed by atoms with Crippen LogP contribution < -0.4 is 21.9 Å². The maximum absolute atomic E-state index is 10.8. The van der Waals surface area contributed by atoms with Gasteiger partial charge in [0.15, 0.2) is 10.7 Å². The molecule has 0 N–H and O–H groups in total. The summed E-state index contributed by atoms with van der Waals surface area (Å²) >= 11 is 12.0. The van der Waals surface area contributed by atoms with Crippen LogP contribution in [-0.2, 0) is 0 Å². The topological polar surface area (TPSA) is 114 Å². The fraction of sp³-hybridized carbons (Fsp3) is 0.143. The number of nitrogens with zero attached hydrogens (tertiary/aromatic N) is 5. The van der Waals surface area contributed by atoms with Gasteiger partial charge in [-0.15, -0.1) is 10.2 Å². The SMILES string of the molecule is COc1cc([N+]#N)c(OC)cc1N=Nc1c(Cl)cc([N+](=O)[O-])cc1Cl.[Cl-]. The van der Waals surface area contributed by atoms with Gasteiger partial charge in [0.1, 0.15) is 11.4 Å². The van der Waals surface area contributed by atoms with Crippen LogP contribution in [0.5, 0.6) is 11.5 Å². The summed E-state index contributed by atoms with van der Waals surface area (Å²) in [5.41, 5.74) is 0.190. The van der Waals surface area contributed by atoms with Gasteiger partial charge < -0.3 is 21.9 Å². The monoisotopic (exact) mass is 417 g/mol. The zero-order chi connectivity index (χ0) is 18.6. The lowest BCUT2D eigenvalue weighted by Gasteiger charge is -2.05. The zero-order valence-electron chi connectivity index (χ0n) is 13.3. The minimum Gasteiger partial charge on any atom is -1.00 e. The summed E-state index contributed by atoms with van der Waals surface area (Å²) in [4.78, 5) is 13.2. The third-order valence-corrected chi connectivity index (χ3v) is 3.63. The van der Waals surface area contributed by atoms with Crippen LogP contribution in [0.4, 0.5) is 22.7 Å². The summed E-state index contributed by atoms with van der Waals surface area (Å²) in [6.07, 6.45) is 0. The highest BCUT2D eigenvalue weighted by Gasteiger charge is 2.20. The molecule has 12 heteroatoms. The summed E-state index contributed by atoms with van der Waals surface area (Å²) in [5.74, 6) is 0.490. The molecule has 2 rings (SSSR count). The fourth-order valence-electron chi connectivity index (χ4n) is 1.88. The molecule has 0 fully saturated rings. The number of rotatable bonds is 5.